The molecule has 146 valence electrons. The average Bonchev–Trinajstić information content (AvgIpc) is 3.13. The monoisotopic (exact) mass is 383 g/mol. The summed E-state index contributed by atoms with van der Waals surface area (Å²) in [5.74, 6) is 0.250. The lowest BCUT2D eigenvalue weighted by Crippen LogP contribution is -2.39. The highest BCUT2D eigenvalue weighted by molar-refractivity contribution is 5.77. The number of carbonyl (C=O) groups excluding carboxylic acids is 1. The van der Waals surface area contributed by atoms with Crippen molar-refractivity contribution in [1.29, 1.82) is 0 Å². The smallest absolute Gasteiger partial charge is 0.264 e. The number of halogens is 1. The molecule has 0 N–H and O–H groups in total. The van der Waals surface area contributed by atoms with Gasteiger partial charge >= 0.3 is 0 Å². The molecule has 1 unspecified atom stereocenters. The van der Waals surface area contributed by atoms with Gasteiger partial charge < -0.3 is 4.90 Å². The van der Waals surface area contributed by atoms with Crippen LogP contribution in [-0.4, -0.2) is 43.2 Å². The first-order valence-electron chi connectivity index (χ1n) is 9.50. The molecular formula is C20H22FN5O2. The van der Waals surface area contributed by atoms with E-state index in [2.05, 4.69) is 17.0 Å². The van der Waals surface area contributed by atoms with Gasteiger partial charge in [-0.25, -0.2) is 14.1 Å². The Morgan fingerprint density at radius 2 is 2.07 bits per heavy atom. The Morgan fingerprint density at radius 1 is 1.29 bits per heavy atom. The Hall–Kier alpha value is -3.03. The van der Waals surface area contributed by atoms with Crippen molar-refractivity contribution in [2.45, 2.75) is 32.7 Å². The number of fused-ring (bicyclic) bond motifs is 1. The molecule has 3 heterocycles. The molecule has 28 heavy (non-hydrogen) atoms. The Morgan fingerprint density at radius 3 is 2.82 bits per heavy atom. The highest BCUT2D eigenvalue weighted by Gasteiger charge is 2.21. The zero-order valence-electron chi connectivity index (χ0n) is 15.7. The van der Waals surface area contributed by atoms with Crippen molar-refractivity contribution < 1.29 is 9.18 Å². The van der Waals surface area contributed by atoms with Gasteiger partial charge in [0.2, 0.25) is 5.91 Å². The molecule has 1 saturated heterocycles. The number of hydrogen-bond donors (Lipinski definition) is 0. The molecule has 1 atom stereocenters. The first kappa shape index (κ1) is 18.3. The van der Waals surface area contributed by atoms with E-state index in [1.54, 1.807) is 12.1 Å². The highest BCUT2D eigenvalue weighted by Crippen LogP contribution is 2.17. The van der Waals surface area contributed by atoms with Crippen LogP contribution in [0.2, 0.25) is 0 Å². The predicted octanol–water partition coefficient (Wildman–Crippen LogP) is 2.37. The van der Waals surface area contributed by atoms with Crippen LogP contribution in [0.3, 0.4) is 0 Å². The minimum Gasteiger partial charge on any atom is -0.342 e. The first-order valence-corrected chi connectivity index (χ1v) is 9.50. The van der Waals surface area contributed by atoms with Gasteiger partial charge in [-0.2, -0.15) is 5.10 Å². The maximum atomic E-state index is 13.1. The fourth-order valence-corrected chi connectivity index (χ4v) is 3.67. The van der Waals surface area contributed by atoms with Crippen LogP contribution in [0.25, 0.3) is 16.7 Å². The van der Waals surface area contributed by atoms with Crippen LogP contribution >= 0.6 is 0 Å². The third-order valence-corrected chi connectivity index (χ3v) is 5.20. The molecule has 1 aliphatic heterocycles. The SMILES string of the molecule is CC1CCCN(C(=O)CCn2cnc3c(cnn3-c3ccc(F)cc3)c2=O)C1. The lowest BCUT2D eigenvalue weighted by Gasteiger charge is -2.31. The normalized spacial score (nSPS) is 17.2. The Labute approximate surface area is 161 Å². The summed E-state index contributed by atoms with van der Waals surface area (Å²) in [5.41, 5.74) is 0.789. The highest BCUT2D eigenvalue weighted by atomic mass is 19.1. The van der Waals surface area contributed by atoms with Crippen LogP contribution < -0.4 is 5.56 Å². The van der Waals surface area contributed by atoms with E-state index in [0.717, 1.165) is 25.9 Å². The van der Waals surface area contributed by atoms with Crippen LogP contribution in [0.1, 0.15) is 26.2 Å². The number of piperidine rings is 1. The molecule has 0 spiro atoms. The van der Waals surface area contributed by atoms with E-state index < -0.39 is 0 Å². The number of benzene rings is 1. The number of nitrogens with zero attached hydrogens (tertiary/aromatic N) is 5. The molecule has 0 bridgehead atoms. The summed E-state index contributed by atoms with van der Waals surface area (Å²) in [7, 11) is 0. The summed E-state index contributed by atoms with van der Waals surface area (Å²) in [6.45, 7) is 4.02. The van der Waals surface area contributed by atoms with Gasteiger partial charge in [-0.05, 0) is 43.0 Å². The number of amides is 1. The van der Waals surface area contributed by atoms with Gasteiger partial charge in [-0.3, -0.25) is 14.2 Å². The van der Waals surface area contributed by atoms with Crippen molar-refractivity contribution >= 4 is 16.9 Å². The quantitative estimate of drug-likeness (QED) is 0.693. The Bertz CT molecular complexity index is 1060. The fourth-order valence-electron chi connectivity index (χ4n) is 3.67. The first-order chi connectivity index (χ1) is 13.5. The topological polar surface area (TPSA) is 73.0 Å². The van der Waals surface area contributed by atoms with E-state index in [1.165, 1.54) is 33.9 Å². The number of rotatable bonds is 4. The van der Waals surface area contributed by atoms with E-state index in [4.69, 9.17) is 0 Å². The average molecular weight is 383 g/mol. The zero-order chi connectivity index (χ0) is 19.7. The van der Waals surface area contributed by atoms with E-state index in [0.29, 0.717) is 22.6 Å². The molecular weight excluding hydrogens is 361 g/mol. The largest absolute Gasteiger partial charge is 0.342 e. The molecule has 1 aliphatic rings. The van der Waals surface area contributed by atoms with E-state index in [1.807, 2.05) is 4.90 Å². The van der Waals surface area contributed by atoms with Gasteiger partial charge in [0.25, 0.3) is 5.56 Å². The number of hydrogen-bond acceptors (Lipinski definition) is 4. The lowest BCUT2D eigenvalue weighted by atomic mass is 10.00. The maximum absolute atomic E-state index is 13.1. The number of aromatic nitrogens is 4. The molecule has 3 aromatic rings. The second-order valence-corrected chi connectivity index (χ2v) is 7.35. The number of carbonyl (C=O) groups is 1. The van der Waals surface area contributed by atoms with Crippen LogP contribution in [0.4, 0.5) is 4.39 Å². The summed E-state index contributed by atoms with van der Waals surface area (Å²) >= 11 is 0. The molecule has 1 aromatic carbocycles. The summed E-state index contributed by atoms with van der Waals surface area (Å²) in [6.07, 6.45) is 5.36. The van der Waals surface area contributed by atoms with Gasteiger partial charge in [0, 0.05) is 26.1 Å². The van der Waals surface area contributed by atoms with Crippen molar-refractivity contribution in [3.63, 3.8) is 0 Å². The fraction of sp³-hybridized carbons (Fsp3) is 0.400. The summed E-state index contributed by atoms with van der Waals surface area (Å²) in [5, 5.41) is 4.58. The summed E-state index contributed by atoms with van der Waals surface area (Å²) in [6, 6.07) is 5.81. The predicted molar refractivity (Wildman–Crippen MR) is 103 cm³/mol. The zero-order valence-corrected chi connectivity index (χ0v) is 15.7. The van der Waals surface area contributed by atoms with Crippen LogP contribution in [0, 0.1) is 11.7 Å². The van der Waals surface area contributed by atoms with Crippen LogP contribution in [0.15, 0.2) is 41.6 Å². The molecule has 8 heteroatoms. The molecule has 7 nitrogen and oxygen atoms in total. The molecule has 0 aliphatic carbocycles. The van der Waals surface area contributed by atoms with Crippen molar-refractivity contribution in [3.8, 4) is 5.69 Å². The van der Waals surface area contributed by atoms with Crippen molar-refractivity contribution in [2.24, 2.45) is 5.92 Å². The van der Waals surface area contributed by atoms with E-state index in [9.17, 15) is 14.0 Å². The molecule has 2 aromatic heterocycles. The standard InChI is InChI=1S/C20H22FN5O2/c1-14-3-2-9-24(12-14)18(27)8-10-25-13-22-19-17(20(25)28)11-23-26(19)16-6-4-15(21)5-7-16/h4-7,11,13-14H,2-3,8-10,12H2,1H3. The summed E-state index contributed by atoms with van der Waals surface area (Å²) < 4.78 is 16.1. The second kappa shape index (κ2) is 7.53. The van der Waals surface area contributed by atoms with Crippen molar-refractivity contribution in [2.75, 3.05) is 13.1 Å². The maximum Gasteiger partial charge on any atom is 0.264 e. The van der Waals surface area contributed by atoms with Gasteiger partial charge in [-0.15, -0.1) is 0 Å². The van der Waals surface area contributed by atoms with E-state index in [-0.39, 0.29) is 30.2 Å². The molecule has 0 radical (unpaired) electrons. The Kier molecular flexibility index (Phi) is 4.93. The molecule has 4 rings (SSSR count). The Balaban J connectivity index is 1.53. The third-order valence-electron chi connectivity index (χ3n) is 5.20. The third kappa shape index (κ3) is 3.54. The van der Waals surface area contributed by atoms with Crippen LogP contribution in [-0.2, 0) is 11.3 Å². The minimum atomic E-state index is -0.344. The van der Waals surface area contributed by atoms with Crippen molar-refractivity contribution in [1.82, 2.24) is 24.2 Å². The lowest BCUT2D eigenvalue weighted by molar-refractivity contribution is -0.133. The molecule has 0 saturated carbocycles. The molecule has 1 fully saturated rings. The minimum absolute atomic E-state index is 0.0700. The van der Waals surface area contributed by atoms with Gasteiger partial charge in [0.05, 0.1) is 18.2 Å². The number of likely N-dealkylation sites (tertiary alicyclic amines) is 1. The van der Waals surface area contributed by atoms with E-state index >= 15 is 0 Å². The van der Waals surface area contributed by atoms with Gasteiger partial charge in [0.15, 0.2) is 5.65 Å². The van der Waals surface area contributed by atoms with Gasteiger partial charge in [0.1, 0.15) is 11.2 Å². The molecule has 1 amide bonds. The van der Waals surface area contributed by atoms with Gasteiger partial charge in [-0.1, -0.05) is 6.92 Å². The van der Waals surface area contributed by atoms with Crippen molar-refractivity contribution in [3.05, 3.63) is 53.0 Å². The second-order valence-electron chi connectivity index (χ2n) is 7.35. The number of aryl methyl sites for hydroxylation is 1. The van der Waals surface area contributed by atoms with Crippen LogP contribution in [0.5, 0.6) is 0 Å². The summed E-state index contributed by atoms with van der Waals surface area (Å²) in [4.78, 5) is 31.4.